The van der Waals surface area contributed by atoms with Crippen LogP contribution < -0.4 is 62.0 Å². The Hall–Kier alpha value is 5.80. The van der Waals surface area contributed by atoms with E-state index in [0.29, 0.717) is 0 Å². The molecule has 0 aromatic rings. The molecule has 0 aliphatic heterocycles. The smallest absolute Gasteiger partial charge is 3.00 e. The molecule has 64 valence electrons. The Balaban J connectivity index is -0.00000000161. The van der Waals surface area contributed by atoms with Crippen LogP contribution in [-0.4, -0.2) is 95.4 Å². The van der Waals surface area contributed by atoms with Gasteiger partial charge < -0.3 is 62.0 Å². The summed E-state index contributed by atoms with van der Waals surface area (Å²) in [7, 11) is 15.0. The molecule has 0 heterocycles. The van der Waals surface area contributed by atoms with Crippen molar-refractivity contribution >= 4 is 121 Å². The fraction of sp³-hybridized carbons (Fsp3) is 0. The molecule has 0 saturated heterocycles. The third-order valence-electron chi connectivity index (χ3n) is 0. The molecule has 12 heteroatoms. The van der Waals surface area contributed by atoms with Crippen LogP contribution in [0.2, 0.25) is 0 Å². The topological polar surface area (TPSA) is 0 Å². The fourth-order valence-corrected chi connectivity index (χ4v) is 0. The monoisotopic (exact) mass is 739 g/mol. The molecule has 0 atom stereocenters. The Morgan fingerprint density at radius 2 is 0.500 bits per heavy atom. The second kappa shape index (κ2) is 54.2. The summed E-state index contributed by atoms with van der Waals surface area (Å²) >= 11 is -2.22. The average Bonchev–Trinajstić information content (AvgIpc) is 0.811. The normalized spacial score (nSPS) is 2.25. The van der Waals surface area contributed by atoms with E-state index < -0.39 is 17.9 Å². The van der Waals surface area contributed by atoms with Crippen molar-refractivity contribution < 1.29 is 62.0 Å². The van der Waals surface area contributed by atoms with Gasteiger partial charge in [0.1, 0.15) is 0 Å². The predicted molar refractivity (Wildman–Crippen MR) is 40.6 cm³/mol. The molecule has 0 bridgehead atoms. The van der Waals surface area contributed by atoms with Gasteiger partial charge in [-0.1, -0.05) is 0 Å². The van der Waals surface area contributed by atoms with Gasteiger partial charge in [0.05, 0.1) is 0 Å². The number of hydrogen-bond acceptors (Lipinski definition) is 0. The zero-order chi connectivity index (χ0) is 3.58. The summed E-state index contributed by atoms with van der Waals surface area (Å²) < 4.78 is 0. The standard InChI is InChI=1S/8ClH.4In/h8*1H;;;;/q;;;;;;;;4*+3/p-8. The van der Waals surface area contributed by atoms with Crippen LogP contribution in [0.3, 0.4) is 0 Å². The largest absolute Gasteiger partial charge is 3.00 e. The number of rotatable bonds is 0. The maximum Gasteiger partial charge on any atom is 3.00 e. The van der Waals surface area contributed by atoms with Gasteiger partial charge in [-0.3, -0.25) is 0 Å². The maximum absolute atomic E-state index is 5.02. The first-order valence-electron chi connectivity index (χ1n) is 0.655. The van der Waals surface area contributed by atoms with Crippen molar-refractivity contribution in [2.75, 3.05) is 0 Å². The van der Waals surface area contributed by atoms with Crippen molar-refractivity contribution in [3.05, 3.63) is 0 Å². The molecular weight excluding hydrogens is 743 g/mol. The number of halogens is 8. The van der Waals surface area contributed by atoms with E-state index >= 15 is 0 Å². The average molecular weight is 743 g/mol. The number of hydrogen-bond donors (Lipinski definition) is 0. The van der Waals surface area contributed by atoms with E-state index in [9.17, 15) is 0 Å². The SMILES string of the molecule is [Cl-].[Cl-].[Cl-].[Cl-].[Cl-].[Cl][In]([Cl])[Cl].[In+3].[In+3].[In+3]. The van der Waals surface area contributed by atoms with Crippen LogP contribution in [0.15, 0.2) is 0 Å². The Labute approximate surface area is 179 Å². The minimum Gasteiger partial charge on any atom is 3.00 e. The molecule has 0 aromatic heterocycles. The van der Waals surface area contributed by atoms with Crippen molar-refractivity contribution in [1.82, 2.24) is 0 Å². The Kier molecular flexibility index (Phi) is 293. The molecule has 12 heavy (non-hydrogen) atoms. The van der Waals surface area contributed by atoms with Crippen LogP contribution in [0.5, 0.6) is 0 Å². The first-order chi connectivity index (χ1) is 1.73. The molecule has 0 saturated carbocycles. The molecular formula is Cl8In4+4. The van der Waals surface area contributed by atoms with Gasteiger partial charge in [0.25, 0.3) is 0 Å². The van der Waals surface area contributed by atoms with E-state index in [0.717, 1.165) is 0 Å². The summed E-state index contributed by atoms with van der Waals surface area (Å²) in [5.74, 6) is 0. The molecule has 0 aliphatic carbocycles. The van der Waals surface area contributed by atoms with Crippen LogP contribution in [0.1, 0.15) is 0 Å². The summed E-state index contributed by atoms with van der Waals surface area (Å²) in [6.07, 6.45) is 0. The first kappa shape index (κ1) is 64.9. The minimum atomic E-state index is -2.22. The quantitative estimate of drug-likeness (QED) is 0.232. The van der Waals surface area contributed by atoms with E-state index in [1.807, 2.05) is 0 Å². The van der Waals surface area contributed by atoms with Crippen LogP contribution in [0.4, 0.5) is 0 Å². The molecule has 0 unspecified atom stereocenters. The Bertz CT molecular complexity index is 15.8. The van der Waals surface area contributed by atoms with E-state index in [2.05, 4.69) is 0 Å². The van der Waals surface area contributed by atoms with E-state index in [1.165, 1.54) is 0 Å². The van der Waals surface area contributed by atoms with Crippen molar-refractivity contribution in [2.45, 2.75) is 0 Å². The molecule has 0 spiro atoms. The van der Waals surface area contributed by atoms with Gasteiger partial charge >= 0.3 is 121 Å². The van der Waals surface area contributed by atoms with Gasteiger partial charge in [-0.15, -0.1) is 0 Å². The third kappa shape index (κ3) is 103. The van der Waals surface area contributed by atoms with E-state index in [4.69, 9.17) is 25.7 Å². The van der Waals surface area contributed by atoms with Crippen molar-refractivity contribution in [3.63, 3.8) is 0 Å². The predicted octanol–water partition coefficient (Wildman–Crippen LogP) is -14.4. The van der Waals surface area contributed by atoms with E-state index in [1.54, 1.807) is 0 Å². The van der Waals surface area contributed by atoms with Gasteiger partial charge in [-0.05, 0) is 0 Å². The summed E-state index contributed by atoms with van der Waals surface area (Å²) in [5.41, 5.74) is 0. The molecule has 0 radical (unpaired) electrons. The molecule has 0 fully saturated rings. The van der Waals surface area contributed by atoms with Crippen LogP contribution in [0, 0.1) is 0 Å². The summed E-state index contributed by atoms with van der Waals surface area (Å²) in [6, 6.07) is 0. The van der Waals surface area contributed by atoms with Gasteiger partial charge in [-0.2, -0.15) is 0 Å². The van der Waals surface area contributed by atoms with Crippen molar-refractivity contribution in [2.24, 2.45) is 0 Å². The Morgan fingerprint density at radius 1 is 0.500 bits per heavy atom. The van der Waals surface area contributed by atoms with Crippen LogP contribution in [0.25, 0.3) is 0 Å². The second-order valence-corrected chi connectivity index (χ2v) is 14.9. The zero-order valence-electron chi connectivity index (χ0n) is 5.33. The third-order valence-corrected chi connectivity index (χ3v) is 0. The minimum absolute atomic E-state index is 0. The Morgan fingerprint density at radius 3 is 0.500 bits per heavy atom. The van der Waals surface area contributed by atoms with Crippen molar-refractivity contribution in [3.8, 4) is 0 Å². The van der Waals surface area contributed by atoms with Gasteiger partial charge in [0.2, 0.25) is 0 Å². The summed E-state index contributed by atoms with van der Waals surface area (Å²) in [4.78, 5) is 0. The maximum atomic E-state index is 5.02. The van der Waals surface area contributed by atoms with Gasteiger partial charge in [0.15, 0.2) is 0 Å². The zero-order valence-corrected chi connectivity index (χ0v) is 24.6. The molecule has 0 amide bonds. The van der Waals surface area contributed by atoms with Gasteiger partial charge in [-0.25, -0.2) is 0 Å². The summed E-state index contributed by atoms with van der Waals surface area (Å²) in [6.45, 7) is 0. The first-order valence-corrected chi connectivity index (χ1v) is 13.2. The fourth-order valence-electron chi connectivity index (χ4n) is 0. The van der Waals surface area contributed by atoms with Crippen LogP contribution in [-0.2, 0) is 0 Å². The van der Waals surface area contributed by atoms with Crippen LogP contribution >= 0.6 is 25.7 Å². The molecule has 0 aromatic carbocycles. The van der Waals surface area contributed by atoms with Crippen molar-refractivity contribution in [1.29, 1.82) is 0 Å². The molecule has 0 N–H and O–H groups in total. The molecule has 0 nitrogen and oxygen atoms in total. The van der Waals surface area contributed by atoms with E-state index in [-0.39, 0.29) is 140 Å². The molecule has 0 aliphatic rings. The summed E-state index contributed by atoms with van der Waals surface area (Å²) in [5, 5.41) is 0. The second-order valence-electron chi connectivity index (χ2n) is 0.247. The van der Waals surface area contributed by atoms with Gasteiger partial charge in [0, 0.05) is 0 Å². The molecule has 0 rings (SSSR count).